The Morgan fingerprint density at radius 3 is 2.36 bits per heavy atom. The molecule has 0 atom stereocenters. The Kier molecular flexibility index (Phi) is 6.98. The first kappa shape index (κ1) is 18.1. The molecule has 1 heterocycles. The average molecular weight is 361 g/mol. The molecule has 0 aromatic heterocycles. The van der Waals surface area contributed by atoms with E-state index in [1.54, 1.807) is 0 Å². The summed E-state index contributed by atoms with van der Waals surface area (Å²) < 4.78 is 11.4. The van der Waals surface area contributed by atoms with Crippen LogP contribution in [0, 0.1) is 0 Å². The predicted octanol–water partition coefficient (Wildman–Crippen LogP) is 3.74. The summed E-state index contributed by atoms with van der Waals surface area (Å²) in [6.45, 7) is 6.17. The number of anilines is 1. The summed E-state index contributed by atoms with van der Waals surface area (Å²) in [4.78, 5) is 2.39. The van der Waals surface area contributed by atoms with Crippen molar-refractivity contribution in [3.63, 3.8) is 0 Å². The van der Waals surface area contributed by atoms with Crippen LogP contribution in [0.25, 0.3) is 0 Å². The minimum Gasteiger partial charge on any atom is -0.494 e. The second-order valence-electron chi connectivity index (χ2n) is 6.11. The number of nitrogens with one attached hydrogen (secondary N) is 1. The van der Waals surface area contributed by atoms with E-state index in [1.807, 2.05) is 36.4 Å². The summed E-state index contributed by atoms with van der Waals surface area (Å²) in [7, 11) is 0. The standard InChI is InChI=1S/C20H25ClN2O2/c21-18-4-2-17(3-5-18)16-24-14-1-15-25-20-8-6-19(7-9-20)23-12-10-22-11-13-23/h2-9,22H,1,10-16H2. The molecular formula is C20H25ClN2O2. The normalized spacial score (nSPS) is 14.5. The molecule has 5 heteroatoms. The van der Waals surface area contributed by atoms with Crippen LogP contribution in [-0.4, -0.2) is 39.4 Å². The molecule has 4 nitrogen and oxygen atoms in total. The molecule has 0 saturated carbocycles. The van der Waals surface area contributed by atoms with E-state index in [-0.39, 0.29) is 0 Å². The van der Waals surface area contributed by atoms with Crippen LogP contribution in [0.15, 0.2) is 48.5 Å². The maximum absolute atomic E-state index is 5.86. The van der Waals surface area contributed by atoms with Crippen molar-refractivity contribution in [3.05, 3.63) is 59.1 Å². The fourth-order valence-corrected chi connectivity index (χ4v) is 2.92. The molecule has 2 aromatic rings. The Bertz CT molecular complexity index is 625. The molecule has 0 spiro atoms. The number of piperazine rings is 1. The van der Waals surface area contributed by atoms with Crippen molar-refractivity contribution in [2.24, 2.45) is 0 Å². The smallest absolute Gasteiger partial charge is 0.119 e. The molecule has 1 N–H and O–H groups in total. The molecule has 0 radical (unpaired) electrons. The van der Waals surface area contributed by atoms with Gasteiger partial charge in [-0.15, -0.1) is 0 Å². The average Bonchev–Trinajstić information content (AvgIpc) is 2.67. The first-order valence-corrected chi connectivity index (χ1v) is 9.20. The third-order valence-corrected chi connectivity index (χ3v) is 4.45. The maximum atomic E-state index is 5.86. The van der Waals surface area contributed by atoms with Gasteiger partial charge in [0.2, 0.25) is 0 Å². The van der Waals surface area contributed by atoms with Crippen LogP contribution in [0.5, 0.6) is 5.75 Å². The number of hydrogen-bond acceptors (Lipinski definition) is 4. The predicted molar refractivity (Wildman–Crippen MR) is 103 cm³/mol. The zero-order chi connectivity index (χ0) is 17.3. The fraction of sp³-hybridized carbons (Fsp3) is 0.400. The van der Waals surface area contributed by atoms with Gasteiger partial charge in [-0.1, -0.05) is 23.7 Å². The lowest BCUT2D eigenvalue weighted by atomic mass is 10.2. The van der Waals surface area contributed by atoms with Gasteiger partial charge in [0.05, 0.1) is 19.8 Å². The number of benzene rings is 2. The molecule has 1 aliphatic heterocycles. The highest BCUT2D eigenvalue weighted by atomic mass is 35.5. The van der Waals surface area contributed by atoms with Gasteiger partial charge in [-0.2, -0.15) is 0 Å². The molecule has 2 aromatic carbocycles. The SMILES string of the molecule is Clc1ccc(COCCCOc2ccc(N3CCNCC3)cc2)cc1. The molecule has 3 rings (SSSR count). The summed E-state index contributed by atoms with van der Waals surface area (Å²) in [6.07, 6.45) is 0.868. The Labute approximate surface area is 154 Å². The Morgan fingerprint density at radius 2 is 1.64 bits per heavy atom. The molecule has 0 amide bonds. The molecule has 0 unspecified atom stereocenters. The van der Waals surface area contributed by atoms with Crippen molar-refractivity contribution in [3.8, 4) is 5.75 Å². The second kappa shape index (κ2) is 9.66. The van der Waals surface area contributed by atoms with Crippen LogP contribution < -0.4 is 15.0 Å². The van der Waals surface area contributed by atoms with Crippen LogP contribution in [0.2, 0.25) is 5.02 Å². The second-order valence-corrected chi connectivity index (χ2v) is 6.55. The van der Waals surface area contributed by atoms with Gasteiger partial charge in [-0.3, -0.25) is 0 Å². The third kappa shape index (κ3) is 5.92. The topological polar surface area (TPSA) is 33.7 Å². The van der Waals surface area contributed by atoms with E-state index in [4.69, 9.17) is 21.1 Å². The van der Waals surface area contributed by atoms with Gasteiger partial charge in [-0.05, 0) is 42.0 Å². The van der Waals surface area contributed by atoms with E-state index in [0.29, 0.717) is 19.8 Å². The van der Waals surface area contributed by atoms with E-state index in [0.717, 1.165) is 48.9 Å². The quantitative estimate of drug-likeness (QED) is 0.727. The zero-order valence-corrected chi connectivity index (χ0v) is 15.2. The molecular weight excluding hydrogens is 336 g/mol. The molecule has 0 aliphatic carbocycles. The largest absolute Gasteiger partial charge is 0.494 e. The minimum atomic E-state index is 0.608. The van der Waals surface area contributed by atoms with Crippen molar-refractivity contribution in [1.29, 1.82) is 0 Å². The number of nitrogens with zero attached hydrogens (tertiary/aromatic N) is 1. The summed E-state index contributed by atoms with van der Waals surface area (Å²) in [5, 5.41) is 4.12. The van der Waals surface area contributed by atoms with E-state index < -0.39 is 0 Å². The summed E-state index contributed by atoms with van der Waals surface area (Å²) in [6, 6.07) is 16.1. The lowest BCUT2D eigenvalue weighted by Crippen LogP contribution is -2.43. The maximum Gasteiger partial charge on any atom is 0.119 e. The lowest BCUT2D eigenvalue weighted by Gasteiger charge is -2.29. The van der Waals surface area contributed by atoms with Crippen molar-refractivity contribution < 1.29 is 9.47 Å². The fourth-order valence-electron chi connectivity index (χ4n) is 2.80. The summed E-state index contributed by atoms with van der Waals surface area (Å²) >= 11 is 5.86. The Balaban J connectivity index is 1.31. The molecule has 0 bridgehead atoms. The van der Waals surface area contributed by atoms with E-state index in [9.17, 15) is 0 Å². The van der Waals surface area contributed by atoms with Gasteiger partial charge < -0.3 is 19.7 Å². The Morgan fingerprint density at radius 1 is 0.920 bits per heavy atom. The highest BCUT2D eigenvalue weighted by Gasteiger charge is 2.09. The number of halogens is 1. The molecule has 25 heavy (non-hydrogen) atoms. The first-order valence-electron chi connectivity index (χ1n) is 8.82. The zero-order valence-electron chi connectivity index (χ0n) is 14.4. The molecule has 1 aliphatic rings. The lowest BCUT2D eigenvalue weighted by molar-refractivity contribution is 0.107. The minimum absolute atomic E-state index is 0.608. The van der Waals surface area contributed by atoms with Crippen LogP contribution in [0.3, 0.4) is 0 Å². The molecule has 1 fully saturated rings. The third-order valence-electron chi connectivity index (χ3n) is 4.20. The number of ether oxygens (including phenoxy) is 2. The Hall–Kier alpha value is -1.75. The van der Waals surface area contributed by atoms with Crippen LogP contribution >= 0.6 is 11.6 Å². The van der Waals surface area contributed by atoms with Gasteiger partial charge in [0.15, 0.2) is 0 Å². The monoisotopic (exact) mass is 360 g/mol. The van der Waals surface area contributed by atoms with Crippen LogP contribution in [0.1, 0.15) is 12.0 Å². The van der Waals surface area contributed by atoms with Gasteiger partial charge >= 0.3 is 0 Å². The van der Waals surface area contributed by atoms with E-state index in [2.05, 4.69) is 22.3 Å². The van der Waals surface area contributed by atoms with E-state index >= 15 is 0 Å². The molecule has 134 valence electrons. The van der Waals surface area contributed by atoms with Gasteiger partial charge in [0.25, 0.3) is 0 Å². The van der Waals surface area contributed by atoms with E-state index in [1.165, 1.54) is 5.69 Å². The van der Waals surface area contributed by atoms with Gasteiger partial charge in [0, 0.05) is 43.3 Å². The van der Waals surface area contributed by atoms with Crippen molar-refractivity contribution in [2.75, 3.05) is 44.3 Å². The molecule has 1 saturated heterocycles. The van der Waals surface area contributed by atoms with Gasteiger partial charge in [0.1, 0.15) is 5.75 Å². The van der Waals surface area contributed by atoms with Crippen LogP contribution in [0.4, 0.5) is 5.69 Å². The van der Waals surface area contributed by atoms with Gasteiger partial charge in [-0.25, -0.2) is 0 Å². The van der Waals surface area contributed by atoms with Crippen molar-refractivity contribution in [2.45, 2.75) is 13.0 Å². The summed E-state index contributed by atoms with van der Waals surface area (Å²) in [5.74, 6) is 0.914. The number of hydrogen-bond donors (Lipinski definition) is 1. The van der Waals surface area contributed by atoms with Crippen molar-refractivity contribution in [1.82, 2.24) is 5.32 Å². The van der Waals surface area contributed by atoms with Crippen LogP contribution in [-0.2, 0) is 11.3 Å². The highest BCUT2D eigenvalue weighted by Crippen LogP contribution is 2.20. The summed E-state index contributed by atoms with van der Waals surface area (Å²) in [5.41, 5.74) is 2.40. The first-order chi connectivity index (χ1) is 12.3. The highest BCUT2D eigenvalue weighted by molar-refractivity contribution is 6.30. The number of rotatable bonds is 8. The van der Waals surface area contributed by atoms with Crippen molar-refractivity contribution >= 4 is 17.3 Å².